The van der Waals surface area contributed by atoms with E-state index in [1.807, 2.05) is 6.07 Å². The molecule has 1 amide bonds. The predicted octanol–water partition coefficient (Wildman–Crippen LogP) is 4.89. The molecule has 12 heteroatoms. The molecule has 5 rings (SSSR count). The zero-order chi connectivity index (χ0) is 29.0. The molecule has 1 atom stereocenters. The molecule has 11 nitrogen and oxygen atoms in total. The number of para-hydroxylation sites is 2. The maximum atomic E-state index is 13.5. The van der Waals surface area contributed by atoms with Crippen molar-refractivity contribution in [3.8, 4) is 11.5 Å². The van der Waals surface area contributed by atoms with Gasteiger partial charge in [-0.2, -0.15) is 0 Å². The van der Waals surface area contributed by atoms with Crippen LogP contribution in [-0.2, 0) is 19.6 Å². The van der Waals surface area contributed by atoms with E-state index in [9.17, 15) is 18.0 Å². The molecule has 1 heterocycles. The zero-order valence-corrected chi connectivity index (χ0v) is 23.3. The highest BCUT2D eigenvalue weighted by Crippen LogP contribution is 2.32. The van der Waals surface area contributed by atoms with Gasteiger partial charge in [0.15, 0.2) is 11.6 Å². The number of ketones is 1. The third kappa shape index (κ3) is 6.72. The number of hydrogen-bond acceptors (Lipinski definition) is 9. The minimum Gasteiger partial charge on any atom is -0.497 e. The number of anilines is 4. The van der Waals surface area contributed by atoms with Gasteiger partial charge in [-0.25, -0.2) is 18.4 Å². The Bertz CT molecular complexity index is 1700. The zero-order valence-electron chi connectivity index (χ0n) is 22.5. The van der Waals surface area contributed by atoms with Gasteiger partial charge in [0.05, 0.1) is 30.1 Å². The minimum atomic E-state index is -4.15. The van der Waals surface area contributed by atoms with Gasteiger partial charge in [-0.3, -0.25) is 14.3 Å². The summed E-state index contributed by atoms with van der Waals surface area (Å²) in [4.78, 5) is 33.1. The van der Waals surface area contributed by atoms with Crippen LogP contribution in [0.4, 0.5) is 23.0 Å². The van der Waals surface area contributed by atoms with Crippen molar-refractivity contribution in [2.75, 3.05) is 29.6 Å². The molecular formula is C29H29N5O6S. The first kappa shape index (κ1) is 27.8. The number of hydrogen-bond donors (Lipinski definition) is 3. The molecule has 1 unspecified atom stereocenters. The van der Waals surface area contributed by atoms with Gasteiger partial charge < -0.3 is 20.1 Å². The second-order valence-corrected chi connectivity index (χ2v) is 11.4. The van der Waals surface area contributed by atoms with E-state index in [2.05, 4.69) is 25.3 Å². The van der Waals surface area contributed by atoms with Crippen LogP contribution >= 0.6 is 0 Å². The van der Waals surface area contributed by atoms with Gasteiger partial charge in [0.2, 0.25) is 5.91 Å². The molecule has 4 aromatic rings. The van der Waals surface area contributed by atoms with Crippen molar-refractivity contribution in [1.82, 2.24) is 9.97 Å². The molecule has 1 aromatic heterocycles. The average molecular weight is 576 g/mol. The quantitative estimate of drug-likeness (QED) is 0.240. The molecule has 212 valence electrons. The van der Waals surface area contributed by atoms with E-state index < -0.39 is 10.0 Å². The van der Waals surface area contributed by atoms with Crippen molar-refractivity contribution < 1.29 is 27.5 Å². The monoisotopic (exact) mass is 575 g/mol. The summed E-state index contributed by atoms with van der Waals surface area (Å²) in [5, 5.41) is 5.86. The van der Waals surface area contributed by atoms with Crippen LogP contribution in [0.15, 0.2) is 71.6 Å². The van der Waals surface area contributed by atoms with Crippen molar-refractivity contribution in [3.63, 3.8) is 0 Å². The lowest BCUT2D eigenvalue weighted by Gasteiger charge is -2.15. The topological polar surface area (TPSA) is 149 Å². The van der Waals surface area contributed by atoms with Crippen LogP contribution < -0.4 is 24.8 Å². The maximum absolute atomic E-state index is 13.5. The van der Waals surface area contributed by atoms with Gasteiger partial charge in [-0.1, -0.05) is 18.2 Å². The summed E-state index contributed by atoms with van der Waals surface area (Å²) in [7, 11) is -1.09. The lowest BCUT2D eigenvalue weighted by atomic mass is 10.0. The predicted molar refractivity (Wildman–Crippen MR) is 155 cm³/mol. The average Bonchev–Trinajstić information content (AvgIpc) is 3.37. The van der Waals surface area contributed by atoms with Gasteiger partial charge in [-0.15, -0.1) is 0 Å². The molecular weight excluding hydrogens is 546 g/mol. The molecule has 41 heavy (non-hydrogen) atoms. The van der Waals surface area contributed by atoms with E-state index in [4.69, 9.17) is 9.47 Å². The fraction of sp³-hybridized carbons (Fsp3) is 0.241. The number of amides is 1. The lowest BCUT2D eigenvalue weighted by molar-refractivity contribution is -0.118. The molecule has 1 aliphatic carbocycles. The molecule has 3 N–H and O–H groups in total. The van der Waals surface area contributed by atoms with E-state index in [1.54, 1.807) is 42.5 Å². The number of nitrogens with zero attached hydrogens (tertiary/aromatic N) is 2. The first-order valence-corrected chi connectivity index (χ1v) is 14.4. The fourth-order valence-electron chi connectivity index (χ4n) is 4.64. The van der Waals surface area contributed by atoms with Crippen molar-refractivity contribution in [3.05, 3.63) is 66.7 Å². The standard InChI is InChI=1S/C29H29N5O6S/c1-39-22-14-20(15-23(17-22)40-2)31-28-29(33-26-9-4-3-8-25(26)32-28)34-41(37,38)24-7-5-6-19(16-24)30-27(36)13-18-10-11-21(35)12-18/h3-9,14-18H,10-13H2,1-2H3,(H,30,36)(H,31,32)(H,33,34). The summed E-state index contributed by atoms with van der Waals surface area (Å²) < 4.78 is 40.2. The molecule has 3 aromatic carbocycles. The smallest absolute Gasteiger partial charge is 0.263 e. The third-order valence-electron chi connectivity index (χ3n) is 6.67. The van der Waals surface area contributed by atoms with Crippen LogP contribution in [-0.4, -0.2) is 44.3 Å². The minimum absolute atomic E-state index is 0.0121. The maximum Gasteiger partial charge on any atom is 0.263 e. The van der Waals surface area contributed by atoms with E-state index in [1.165, 1.54) is 32.4 Å². The normalized spacial score (nSPS) is 15.0. The van der Waals surface area contributed by atoms with Gasteiger partial charge >= 0.3 is 0 Å². The molecule has 0 spiro atoms. The van der Waals surface area contributed by atoms with E-state index in [0.29, 0.717) is 53.2 Å². The molecule has 0 saturated heterocycles. The molecule has 1 aliphatic rings. The molecule has 1 saturated carbocycles. The first-order chi connectivity index (χ1) is 19.7. The number of ether oxygens (including phenoxy) is 2. The number of benzene rings is 3. The highest BCUT2D eigenvalue weighted by atomic mass is 32.2. The van der Waals surface area contributed by atoms with Crippen molar-refractivity contribution >= 4 is 55.8 Å². The fourth-order valence-corrected chi connectivity index (χ4v) is 5.70. The molecule has 1 fully saturated rings. The Morgan fingerprint density at radius 3 is 2.22 bits per heavy atom. The Morgan fingerprint density at radius 1 is 0.902 bits per heavy atom. The van der Waals surface area contributed by atoms with E-state index in [0.717, 1.165) is 0 Å². The molecule has 0 bridgehead atoms. The van der Waals surface area contributed by atoms with Crippen molar-refractivity contribution in [2.24, 2.45) is 5.92 Å². The number of rotatable bonds is 10. The summed E-state index contributed by atoms with van der Waals surface area (Å²) >= 11 is 0. The Morgan fingerprint density at radius 2 is 1.59 bits per heavy atom. The van der Waals surface area contributed by atoms with Gasteiger partial charge in [0, 0.05) is 48.8 Å². The summed E-state index contributed by atoms with van der Waals surface area (Å²) in [6, 6.07) is 18.2. The third-order valence-corrected chi connectivity index (χ3v) is 8.00. The largest absolute Gasteiger partial charge is 0.497 e. The second-order valence-electron chi connectivity index (χ2n) is 9.67. The number of nitrogens with one attached hydrogen (secondary N) is 3. The Hall–Kier alpha value is -4.71. The van der Waals surface area contributed by atoms with Gasteiger partial charge in [0.1, 0.15) is 17.3 Å². The number of carbonyl (C=O) groups excluding carboxylic acids is 2. The van der Waals surface area contributed by atoms with E-state index in [-0.39, 0.29) is 40.6 Å². The van der Waals surface area contributed by atoms with Crippen LogP contribution in [0, 0.1) is 5.92 Å². The molecule has 0 radical (unpaired) electrons. The first-order valence-electron chi connectivity index (χ1n) is 12.9. The summed E-state index contributed by atoms with van der Waals surface area (Å²) in [5.41, 5.74) is 1.92. The van der Waals surface area contributed by atoms with Crippen LogP contribution in [0.25, 0.3) is 11.0 Å². The molecule has 0 aliphatic heterocycles. The number of Topliss-reactive ketones (excluding diaryl/α,β-unsaturated/α-hetero) is 1. The SMILES string of the molecule is COc1cc(Nc2nc3ccccc3nc2NS(=O)(=O)c2cccc(NC(=O)CC3CCC(=O)C3)c2)cc(OC)c1. The second kappa shape index (κ2) is 11.8. The van der Waals surface area contributed by atoms with Crippen molar-refractivity contribution in [2.45, 2.75) is 30.6 Å². The highest BCUT2D eigenvalue weighted by Gasteiger charge is 2.25. The van der Waals surface area contributed by atoms with Crippen LogP contribution in [0.2, 0.25) is 0 Å². The Balaban J connectivity index is 1.42. The van der Waals surface area contributed by atoms with Crippen molar-refractivity contribution in [1.29, 1.82) is 0 Å². The number of methoxy groups -OCH3 is 2. The number of sulfonamides is 1. The van der Waals surface area contributed by atoms with Gasteiger partial charge in [-0.05, 0) is 42.7 Å². The number of fused-ring (bicyclic) bond motifs is 1. The highest BCUT2D eigenvalue weighted by molar-refractivity contribution is 7.92. The van der Waals surface area contributed by atoms with Crippen LogP contribution in [0.5, 0.6) is 11.5 Å². The summed E-state index contributed by atoms with van der Waals surface area (Å²) in [6.45, 7) is 0. The van der Waals surface area contributed by atoms with Crippen LogP contribution in [0.3, 0.4) is 0 Å². The Labute approximate surface area is 237 Å². The summed E-state index contributed by atoms with van der Waals surface area (Å²) in [6.07, 6.45) is 1.79. The Kier molecular flexibility index (Phi) is 8.02. The number of aromatic nitrogens is 2. The number of carbonyl (C=O) groups is 2. The summed E-state index contributed by atoms with van der Waals surface area (Å²) in [5.74, 6) is 1.11. The van der Waals surface area contributed by atoms with E-state index >= 15 is 0 Å². The van der Waals surface area contributed by atoms with Crippen LogP contribution in [0.1, 0.15) is 25.7 Å². The lowest BCUT2D eigenvalue weighted by Crippen LogP contribution is -2.18. The van der Waals surface area contributed by atoms with Gasteiger partial charge in [0.25, 0.3) is 10.0 Å².